The van der Waals surface area contributed by atoms with E-state index in [0.717, 1.165) is 18.4 Å². The molecule has 152 valence electrons. The van der Waals surface area contributed by atoms with Crippen LogP contribution in [0.4, 0.5) is 0 Å². The van der Waals surface area contributed by atoms with Crippen LogP contribution in [0, 0.1) is 29.1 Å². The molecule has 0 heterocycles. The molecule has 4 aliphatic rings. The first kappa shape index (κ1) is 20.2. The van der Waals surface area contributed by atoms with E-state index in [1.54, 1.807) is 6.08 Å². The Kier molecular flexibility index (Phi) is 4.82. The third-order valence-corrected chi connectivity index (χ3v) is 8.67. The van der Waals surface area contributed by atoms with E-state index in [0.29, 0.717) is 24.3 Å². The number of hydrogen-bond acceptors (Lipinski definition) is 4. The van der Waals surface area contributed by atoms with Crippen LogP contribution in [-0.2, 0) is 19.1 Å². The van der Waals surface area contributed by atoms with Crippen molar-refractivity contribution in [3.05, 3.63) is 22.8 Å². The number of esters is 1. The fourth-order valence-corrected chi connectivity index (χ4v) is 7.78. The molecule has 4 aliphatic carbocycles. The average Bonchev–Trinajstić information content (AvgIpc) is 2.88. The van der Waals surface area contributed by atoms with Crippen LogP contribution in [0.1, 0.15) is 52.9 Å². The van der Waals surface area contributed by atoms with Crippen LogP contribution in [0.25, 0.3) is 0 Å². The number of Topliss-reactive ketones (excluding diaryl/α,β-unsaturated/α-hetero) is 1. The monoisotopic (exact) mass is 424 g/mol. The molecular weight excluding hydrogens is 399 g/mol. The maximum atomic E-state index is 12.8. The van der Waals surface area contributed by atoms with Crippen molar-refractivity contribution in [2.75, 3.05) is 0 Å². The molecular formula is C22H26Cl2O4. The number of carbonyl (C=O) groups is 3. The lowest BCUT2D eigenvalue weighted by Crippen LogP contribution is -2.59. The number of allylic oxidation sites excluding steroid dienone is 4. The molecule has 0 radical (unpaired) electrons. The van der Waals surface area contributed by atoms with Gasteiger partial charge in [0.15, 0.2) is 17.2 Å². The summed E-state index contributed by atoms with van der Waals surface area (Å²) in [6, 6.07) is 0. The van der Waals surface area contributed by atoms with Crippen molar-refractivity contribution in [2.45, 2.75) is 63.9 Å². The zero-order valence-electron chi connectivity index (χ0n) is 16.5. The van der Waals surface area contributed by atoms with Crippen LogP contribution < -0.4 is 0 Å². The number of fused-ring (bicyclic) bond motifs is 5. The number of rotatable bonds is 2. The largest absolute Gasteiger partial charge is 0.451 e. The highest BCUT2D eigenvalue weighted by Gasteiger charge is 2.68. The minimum Gasteiger partial charge on any atom is -0.451 e. The van der Waals surface area contributed by atoms with Crippen molar-refractivity contribution in [1.29, 1.82) is 0 Å². The van der Waals surface area contributed by atoms with E-state index in [4.69, 9.17) is 27.9 Å². The summed E-state index contributed by atoms with van der Waals surface area (Å²) in [7, 11) is 0. The minimum atomic E-state index is -1.12. The van der Waals surface area contributed by atoms with E-state index in [-0.39, 0.29) is 40.6 Å². The smallest absolute Gasteiger partial charge is 0.303 e. The van der Waals surface area contributed by atoms with Crippen LogP contribution in [0.15, 0.2) is 22.8 Å². The highest BCUT2D eigenvalue weighted by atomic mass is 35.5. The maximum absolute atomic E-state index is 12.8. The molecule has 4 nitrogen and oxygen atoms in total. The molecule has 4 rings (SSSR count). The molecule has 0 saturated heterocycles. The molecule has 0 spiro atoms. The minimum absolute atomic E-state index is 0.107. The fraction of sp³-hybridized carbons (Fsp3) is 0.682. The number of alkyl halides is 1. The van der Waals surface area contributed by atoms with Gasteiger partial charge in [-0.15, -0.1) is 11.6 Å². The van der Waals surface area contributed by atoms with Crippen LogP contribution >= 0.6 is 23.2 Å². The summed E-state index contributed by atoms with van der Waals surface area (Å²) >= 11 is 13.6. The zero-order chi connectivity index (χ0) is 20.4. The fourth-order valence-electron chi connectivity index (χ4n) is 6.77. The summed E-state index contributed by atoms with van der Waals surface area (Å²) in [6.07, 6.45) is 6.95. The van der Waals surface area contributed by atoms with Gasteiger partial charge in [0.05, 0.1) is 0 Å². The Labute approximate surface area is 175 Å². The predicted octanol–water partition coefficient (Wildman–Crippen LogP) is 4.58. The zero-order valence-corrected chi connectivity index (χ0v) is 18.0. The van der Waals surface area contributed by atoms with Crippen molar-refractivity contribution in [1.82, 2.24) is 0 Å². The summed E-state index contributed by atoms with van der Waals surface area (Å²) < 4.78 is 5.75. The summed E-state index contributed by atoms with van der Waals surface area (Å²) in [5.74, 6) is 0.206. The van der Waals surface area contributed by atoms with Crippen molar-refractivity contribution >= 4 is 40.7 Å². The second kappa shape index (κ2) is 6.70. The van der Waals surface area contributed by atoms with E-state index < -0.39 is 17.0 Å². The van der Waals surface area contributed by atoms with E-state index >= 15 is 0 Å². The number of hydrogen-bond donors (Lipinski definition) is 0. The Hall–Kier alpha value is -1.13. The van der Waals surface area contributed by atoms with Gasteiger partial charge in [-0.1, -0.05) is 24.6 Å². The van der Waals surface area contributed by atoms with E-state index in [1.165, 1.54) is 13.8 Å². The van der Waals surface area contributed by atoms with Crippen LogP contribution in [-0.4, -0.2) is 28.5 Å². The van der Waals surface area contributed by atoms with Gasteiger partial charge < -0.3 is 4.74 Å². The second-order valence-electron chi connectivity index (χ2n) is 9.14. The highest BCUT2D eigenvalue weighted by Crippen LogP contribution is 2.66. The maximum Gasteiger partial charge on any atom is 0.303 e. The normalized spacial score (nSPS) is 44.6. The van der Waals surface area contributed by atoms with Crippen molar-refractivity contribution < 1.29 is 19.1 Å². The quantitative estimate of drug-likeness (QED) is 0.480. The van der Waals surface area contributed by atoms with Crippen molar-refractivity contribution in [3.8, 4) is 0 Å². The van der Waals surface area contributed by atoms with E-state index in [9.17, 15) is 14.4 Å². The van der Waals surface area contributed by atoms with Crippen molar-refractivity contribution in [3.63, 3.8) is 0 Å². The Morgan fingerprint density at radius 2 is 1.96 bits per heavy atom. The summed E-state index contributed by atoms with van der Waals surface area (Å²) in [5, 5.41) is 0.460. The summed E-state index contributed by atoms with van der Waals surface area (Å²) in [4.78, 5) is 36.6. The third-order valence-electron chi connectivity index (χ3n) is 7.88. The molecule has 0 aliphatic heterocycles. The molecule has 0 N–H and O–H groups in total. The molecule has 0 aromatic heterocycles. The standard InChI is InChI=1S/C22H26Cl2O4/c1-11(25)22(28-12(2)26)7-6-17-16-9-18(23)15-8-13(27)4-5-14(15)20(16)19(24)10-21(17,22)3/h8-9,14,16-17,19-20H,4-7,10H2,1-3H3/t14-,16-,17-,19-,20+,21-,22-/m0/s1. The van der Waals surface area contributed by atoms with Gasteiger partial charge in [-0.2, -0.15) is 0 Å². The number of ether oxygens (including phenoxy) is 1. The Balaban J connectivity index is 1.80. The van der Waals surface area contributed by atoms with Crippen LogP contribution in [0.3, 0.4) is 0 Å². The molecule has 0 bridgehead atoms. The second-order valence-corrected chi connectivity index (χ2v) is 10.1. The lowest BCUT2D eigenvalue weighted by atomic mass is 9.51. The molecule has 0 aromatic carbocycles. The number of carbonyl (C=O) groups excluding carboxylic acids is 3. The van der Waals surface area contributed by atoms with Gasteiger partial charge >= 0.3 is 5.97 Å². The Bertz CT molecular complexity index is 815. The summed E-state index contributed by atoms with van der Waals surface area (Å²) in [6.45, 7) is 4.93. The van der Waals surface area contributed by atoms with Gasteiger partial charge in [0.1, 0.15) is 0 Å². The van der Waals surface area contributed by atoms with Gasteiger partial charge in [0, 0.05) is 29.2 Å². The van der Waals surface area contributed by atoms with Gasteiger partial charge in [-0.25, -0.2) is 0 Å². The SMILES string of the molecule is CC(=O)O[C@]1(C(C)=O)CC[C@H]2[C@@H]3C=C(Cl)C4=CC(=O)CC[C@@H]4[C@H]3[C@@H](Cl)C[C@@]21C. The lowest BCUT2D eigenvalue weighted by Gasteiger charge is -2.56. The summed E-state index contributed by atoms with van der Waals surface area (Å²) in [5.41, 5.74) is -0.734. The van der Waals surface area contributed by atoms with Crippen LogP contribution in [0.2, 0.25) is 0 Å². The third kappa shape index (κ3) is 2.67. The molecule has 28 heavy (non-hydrogen) atoms. The van der Waals surface area contributed by atoms with Crippen LogP contribution in [0.5, 0.6) is 0 Å². The Morgan fingerprint density at radius 3 is 2.61 bits per heavy atom. The molecule has 2 fully saturated rings. The predicted molar refractivity (Wildman–Crippen MR) is 107 cm³/mol. The first-order valence-corrected chi connectivity index (χ1v) is 10.9. The topological polar surface area (TPSA) is 60.4 Å². The first-order valence-electron chi connectivity index (χ1n) is 10.1. The molecule has 0 aromatic rings. The van der Waals surface area contributed by atoms with Gasteiger partial charge in [-0.3, -0.25) is 14.4 Å². The van der Waals surface area contributed by atoms with Gasteiger partial charge in [0.2, 0.25) is 0 Å². The molecule has 0 amide bonds. The lowest BCUT2D eigenvalue weighted by molar-refractivity contribution is -0.184. The van der Waals surface area contributed by atoms with E-state index in [2.05, 4.69) is 13.0 Å². The van der Waals surface area contributed by atoms with E-state index in [1.807, 2.05) is 0 Å². The number of ketones is 2. The molecule has 6 heteroatoms. The average molecular weight is 425 g/mol. The van der Waals surface area contributed by atoms with Crippen molar-refractivity contribution in [2.24, 2.45) is 29.1 Å². The Morgan fingerprint density at radius 1 is 1.25 bits per heavy atom. The van der Waals surface area contributed by atoms with Gasteiger partial charge in [-0.05, 0) is 67.9 Å². The first-order chi connectivity index (χ1) is 13.1. The number of halogens is 2. The molecule has 2 saturated carbocycles. The highest BCUT2D eigenvalue weighted by molar-refractivity contribution is 6.32. The molecule has 0 unspecified atom stereocenters. The molecule has 7 atom stereocenters. The van der Waals surface area contributed by atoms with Gasteiger partial charge in [0.25, 0.3) is 0 Å².